The topological polar surface area (TPSA) is 103 Å². The number of hydrogen-bond acceptors (Lipinski definition) is 7. The largest absolute Gasteiger partial charge is 0.427 e. The van der Waals surface area contributed by atoms with Crippen LogP contribution in [-0.4, -0.2) is 32.1 Å². The van der Waals surface area contributed by atoms with Gasteiger partial charge < -0.3 is 25.8 Å². The maximum atomic E-state index is 14.0. The number of dihydropyridines is 1. The van der Waals surface area contributed by atoms with Gasteiger partial charge in [0.05, 0.1) is 16.8 Å². The Labute approximate surface area is 255 Å². The number of carbonyl (C=O) groups is 2. The van der Waals surface area contributed by atoms with Crippen LogP contribution in [0, 0.1) is 34.5 Å². The quantitative estimate of drug-likeness (QED) is 0.308. The predicted molar refractivity (Wildman–Crippen MR) is 166 cm³/mol. The van der Waals surface area contributed by atoms with Gasteiger partial charge in [0.1, 0.15) is 11.5 Å². The lowest BCUT2D eigenvalue weighted by molar-refractivity contribution is -0.135. The highest BCUT2D eigenvalue weighted by Crippen LogP contribution is 2.71. The molecule has 230 valence electrons. The minimum absolute atomic E-state index is 0.0896. The second-order valence-corrected chi connectivity index (χ2v) is 14.2. The third-order valence-corrected chi connectivity index (χ3v) is 11.9. The van der Waals surface area contributed by atoms with Gasteiger partial charge in [-0.15, -0.1) is 0 Å². The molecule has 0 aromatic carbocycles. The van der Waals surface area contributed by atoms with Crippen LogP contribution >= 0.6 is 0 Å². The monoisotopic (exact) mass is 585 g/mol. The van der Waals surface area contributed by atoms with Crippen LogP contribution in [0.3, 0.4) is 0 Å². The lowest BCUT2D eigenvalue weighted by Gasteiger charge is -2.56. The van der Waals surface area contributed by atoms with E-state index in [1.165, 1.54) is 18.4 Å². The van der Waals surface area contributed by atoms with Crippen LogP contribution < -0.4 is 16.4 Å². The van der Waals surface area contributed by atoms with Crippen LogP contribution in [0.2, 0.25) is 0 Å². The summed E-state index contributed by atoms with van der Waals surface area (Å²) in [6.07, 6.45) is 19.7. The number of nitrogens with one attached hydrogen (secondary N) is 2. The van der Waals surface area contributed by atoms with E-state index in [1.54, 1.807) is 0 Å². The maximum Gasteiger partial charge on any atom is 0.340 e. The van der Waals surface area contributed by atoms with E-state index in [0.29, 0.717) is 24.7 Å². The van der Waals surface area contributed by atoms with Crippen LogP contribution in [0.1, 0.15) is 84.5 Å². The van der Waals surface area contributed by atoms with Crippen LogP contribution in [0.4, 0.5) is 0 Å². The Hall–Kier alpha value is -3.06. The zero-order valence-corrected chi connectivity index (χ0v) is 26.0. The summed E-state index contributed by atoms with van der Waals surface area (Å²) < 4.78 is 12.5. The molecule has 7 nitrogen and oxygen atoms in total. The number of carbonyl (C=O) groups excluding carboxylic acids is 2. The van der Waals surface area contributed by atoms with Crippen LogP contribution in [0.25, 0.3) is 0 Å². The van der Waals surface area contributed by atoms with Crippen molar-refractivity contribution in [3.8, 4) is 0 Å². The van der Waals surface area contributed by atoms with Gasteiger partial charge in [-0.3, -0.25) is 0 Å². The van der Waals surface area contributed by atoms with Crippen molar-refractivity contribution in [2.45, 2.75) is 84.5 Å². The Morgan fingerprint density at radius 3 is 2.72 bits per heavy atom. The fourth-order valence-electron chi connectivity index (χ4n) is 9.88. The number of fused-ring (bicyclic) bond motifs is 1. The Kier molecular flexibility index (Phi) is 7.23. The van der Waals surface area contributed by atoms with Crippen LogP contribution in [-0.2, 0) is 19.1 Å². The van der Waals surface area contributed by atoms with Crippen molar-refractivity contribution in [3.05, 3.63) is 69.5 Å². The van der Waals surface area contributed by atoms with Crippen LogP contribution in [0.5, 0.6) is 0 Å². The zero-order valence-electron chi connectivity index (χ0n) is 26.0. The molecule has 0 radical (unpaired) electrons. The molecule has 7 heteroatoms. The highest BCUT2D eigenvalue weighted by molar-refractivity contribution is 6.00. The standard InChI is InChI=1S/C36H47N3O4/c1-4-35(13-5-6-14-35)19-27-25-9-8-24-23-11-15-36(31(24)30(25)33(40)42-27)28(10-7-21(2)20-38-3)43-34(41)32(36)26(23)17-22-12-16-39-29(37)18-22/h10,12,18-19,21,23-24,31,38-39H,4-9,11,13-17,20,37H2,1-3H3. The molecule has 1 spiro atoms. The summed E-state index contributed by atoms with van der Waals surface area (Å²) in [6.45, 7) is 6.05. The molecule has 43 heavy (non-hydrogen) atoms. The number of cyclic esters (lactones) is 2. The van der Waals surface area contributed by atoms with E-state index in [0.717, 1.165) is 91.7 Å². The molecule has 0 aromatic heterocycles. The Morgan fingerprint density at radius 1 is 1.16 bits per heavy atom. The SMILES string of the molecule is CCC1(C=C2OC(=O)C3=C2CCC2C4CCC5(C(=CCC(C)CNC)OC(=O)C5=C4CC4=CCNC(N)=C4)C32)CCCC1. The molecule has 2 saturated carbocycles. The average Bonchev–Trinajstić information content (AvgIpc) is 3.67. The fourth-order valence-corrected chi connectivity index (χ4v) is 9.88. The first kappa shape index (κ1) is 28.7. The van der Waals surface area contributed by atoms with Crippen molar-refractivity contribution < 1.29 is 19.1 Å². The first-order valence-electron chi connectivity index (χ1n) is 16.7. The summed E-state index contributed by atoms with van der Waals surface area (Å²) in [5.74, 6) is 2.66. The summed E-state index contributed by atoms with van der Waals surface area (Å²) in [6, 6.07) is 0. The highest BCUT2D eigenvalue weighted by atomic mass is 16.5. The lowest BCUT2D eigenvalue weighted by atomic mass is 9.44. The average molecular weight is 586 g/mol. The summed E-state index contributed by atoms with van der Waals surface area (Å²) >= 11 is 0. The predicted octanol–water partition coefficient (Wildman–Crippen LogP) is 5.83. The van der Waals surface area contributed by atoms with Crippen molar-refractivity contribution in [2.24, 2.45) is 40.2 Å². The minimum atomic E-state index is -0.612. The molecule has 3 aliphatic heterocycles. The van der Waals surface area contributed by atoms with Crippen molar-refractivity contribution in [2.75, 3.05) is 20.1 Å². The molecule has 0 aromatic rings. The number of allylic oxidation sites excluding steroid dienone is 7. The molecular weight excluding hydrogens is 538 g/mol. The summed E-state index contributed by atoms with van der Waals surface area (Å²) in [5.41, 5.74) is 10.8. The Balaban J connectivity index is 1.37. The van der Waals surface area contributed by atoms with Gasteiger partial charge in [0, 0.05) is 23.6 Å². The van der Waals surface area contributed by atoms with Crippen molar-refractivity contribution in [1.29, 1.82) is 0 Å². The Bertz CT molecular complexity index is 1420. The number of esters is 2. The molecule has 5 unspecified atom stereocenters. The molecule has 0 amide bonds. The van der Waals surface area contributed by atoms with Crippen LogP contribution in [0.15, 0.2) is 69.5 Å². The number of ether oxygens (including phenoxy) is 2. The van der Waals surface area contributed by atoms with E-state index in [-0.39, 0.29) is 35.1 Å². The van der Waals surface area contributed by atoms with Gasteiger partial charge in [-0.2, -0.15) is 0 Å². The first-order valence-corrected chi connectivity index (χ1v) is 16.7. The molecule has 4 N–H and O–H groups in total. The van der Waals surface area contributed by atoms with Gasteiger partial charge >= 0.3 is 11.9 Å². The fraction of sp³-hybridized carbons (Fsp3) is 0.611. The Morgan fingerprint density at radius 2 is 1.98 bits per heavy atom. The molecule has 1 saturated heterocycles. The van der Waals surface area contributed by atoms with Crippen molar-refractivity contribution in [1.82, 2.24) is 10.6 Å². The molecule has 8 rings (SSSR count). The van der Waals surface area contributed by atoms with Gasteiger partial charge in [0.25, 0.3) is 0 Å². The van der Waals surface area contributed by atoms with Gasteiger partial charge in [0.2, 0.25) is 0 Å². The van der Waals surface area contributed by atoms with Gasteiger partial charge in [-0.1, -0.05) is 38.3 Å². The van der Waals surface area contributed by atoms with E-state index >= 15 is 0 Å². The molecule has 3 heterocycles. The molecule has 2 bridgehead atoms. The van der Waals surface area contributed by atoms with E-state index in [2.05, 4.69) is 42.7 Å². The van der Waals surface area contributed by atoms with Gasteiger partial charge in [-0.25, -0.2) is 9.59 Å². The van der Waals surface area contributed by atoms with Crippen molar-refractivity contribution in [3.63, 3.8) is 0 Å². The third kappa shape index (κ3) is 4.48. The molecule has 3 fully saturated rings. The third-order valence-electron chi connectivity index (χ3n) is 11.9. The van der Waals surface area contributed by atoms with E-state index < -0.39 is 5.41 Å². The number of rotatable bonds is 8. The maximum absolute atomic E-state index is 14.0. The number of nitrogens with two attached hydrogens (primary N) is 1. The van der Waals surface area contributed by atoms with Gasteiger partial charge in [0.15, 0.2) is 0 Å². The summed E-state index contributed by atoms with van der Waals surface area (Å²) in [4.78, 5) is 27.9. The summed E-state index contributed by atoms with van der Waals surface area (Å²) in [5, 5.41) is 6.44. The molecule has 5 aliphatic carbocycles. The van der Waals surface area contributed by atoms with Gasteiger partial charge in [-0.05, 0) is 118 Å². The first-order chi connectivity index (χ1) is 20.8. The zero-order chi connectivity index (χ0) is 29.9. The van der Waals surface area contributed by atoms with E-state index in [1.807, 2.05) is 13.1 Å². The second-order valence-electron chi connectivity index (χ2n) is 14.2. The second kappa shape index (κ2) is 10.8. The molecular formula is C36H47N3O4. The molecule has 8 aliphatic rings. The van der Waals surface area contributed by atoms with Crippen molar-refractivity contribution >= 4 is 11.9 Å². The number of hydrogen-bond donors (Lipinski definition) is 3. The van der Waals surface area contributed by atoms with E-state index in [9.17, 15) is 9.59 Å². The highest BCUT2D eigenvalue weighted by Gasteiger charge is 2.68. The molecule has 5 atom stereocenters. The summed E-state index contributed by atoms with van der Waals surface area (Å²) in [7, 11) is 1.97. The normalized spacial score (nSPS) is 34.9. The smallest absolute Gasteiger partial charge is 0.340 e. The lowest BCUT2D eigenvalue weighted by Crippen LogP contribution is -2.52. The minimum Gasteiger partial charge on any atom is -0.427 e. The van der Waals surface area contributed by atoms with E-state index in [4.69, 9.17) is 15.2 Å².